The average molecular weight is 207 g/mol. The standard InChI is InChI=1S/C10H23ClN2/c1-3-13(4-2)10-9-12-8-6-5-7-11/h12H,3-10H2,1-2H3. The molecule has 80 valence electrons. The van der Waals surface area contributed by atoms with Gasteiger partial charge < -0.3 is 10.2 Å². The van der Waals surface area contributed by atoms with E-state index in [-0.39, 0.29) is 0 Å². The van der Waals surface area contributed by atoms with Crippen LogP contribution in [0.4, 0.5) is 0 Å². The molecule has 0 aliphatic carbocycles. The van der Waals surface area contributed by atoms with E-state index in [1.807, 2.05) is 0 Å². The minimum atomic E-state index is 0.789. The van der Waals surface area contributed by atoms with Gasteiger partial charge in [-0.1, -0.05) is 13.8 Å². The van der Waals surface area contributed by atoms with Gasteiger partial charge in [-0.2, -0.15) is 0 Å². The van der Waals surface area contributed by atoms with Gasteiger partial charge in [-0.3, -0.25) is 0 Å². The summed E-state index contributed by atoms with van der Waals surface area (Å²) in [5.74, 6) is 0.789. The third-order valence-electron chi connectivity index (χ3n) is 2.24. The Labute approximate surface area is 87.6 Å². The van der Waals surface area contributed by atoms with Crippen molar-refractivity contribution in [1.82, 2.24) is 10.2 Å². The van der Waals surface area contributed by atoms with Gasteiger partial charge in [0.05, 0.1) is 0 Å². The lowest BCUT2D eigenvalue weighted by Crippen LogP contribution is -2.32. The number of nitrogens with one attached hydrogen (secondary N) is 1. The van der Waals surface area contributed by atoms with Gasteiger partial charge in [0, 0.05) is 19.0 Å². The van der Waals surface area contributed by atoms with Gasteiger partial charge in [0.2, 0.25) is 0 Å². The van der Waals surface area contributed by atoms with E-state index >= 15 is 0 Å². The van der Waals surface area contributed by atoms with E-state index in [1.54, 1.807) is 0 Å². The van der Waals surface area contributed by atoms with Crippen molar-refractivity contribution in [2.75, 3.05) is 38.6 Å². The first kappa shape index (κ1) is 13.2. The molecular weight excluding hydrogens is 184 g/mol. The molecule has 3 heteroatoms. The summed E-state index contributed by atoms with van der Waals surface area (Å²) in [5, 5.41) is 3.42. The molecule has 0 saturated heterocycles. The van der Waals surface area contributed by atoms with Gasteiger partial charge in [-0.25, -0.2) is 0 Å². The van der Waals surface area contributed by atoms with E-state index in [0.717, 1.165) is 45.0 Å². The minimum Gasteiger partial charge on any atom is -0.315 e. The molecule has 0 aromatic rings. The van der Waals surface area contributed by atoms with Crippen LogP contribution in [0.5, 0.6) is 0 Å². The Bertz CT molecular complexity index is 94.9. The van der Waals surface area contributed by atoms with E-state index in [0.29, 0.717) is 0 Å². The topological polar surface area (TPSA) is 15.3 Å². The lowest BCUT2D eigenvalue weighted by Gasteiger charge is -2.17. The number of alkyl halides is 1. The van der Waals surface area contributed by atoms with Crippen LogP contribution in [0, 0.1) is 0 Å². The summed E-state index contributed by atoms with van der Waals surface area (Å²) in [7, 11) is 0. The molecule has 0 bridgehead atoms. The first-order valence-corrected chi connectivity index (χ1v) is 5.87. The van der Waals surface area contributed by atoms with E-state index < -0.39 is 0 Å². The quantitative estimate of drug-likeness (QED) is 0.458. The lowest BCUT2D eigenvalue weighted by atomic mass is 10.3. The Morgan fingerprint density at radius 2 is 1.77 bits per heavy atom. The third kappa shape index (κ3) is 8.54. The Hall–Kier alpha value is 0.210. The van der Waals surface area contributed by atoms with Crippen LogP contribution in [0.2, 0.25) is 0 Å². The number of unbranched alkanes of at least 4 members (excludes halogenated alkanes) is 1. The van der Waals surface area contributed by atoms with Crippen molar-refractivity contribution < 1.29 is 0 Å². The van der Waals surface area contributed by atoms with Crippen molar-refractivity contribution in [3.05, 3.63) is 0 Å². The molecule has 0 spiro atoms. The molecule has 0 heterocycles. The molecule has 0 amide bonds. The van der Waals surface area contributed by atoms with E-state index in [2.05, 4.69) is 24.1 Å². The molecule has 0 atom stereocenters. The Balaban J connectivity index is 3.05. The zero-order chi connectivity index (χ0) is 9.94. The Kier molecular flexibility index (Phi) is 10.5. The molecule has 0 unspecified atom stereocenters. The maximum absolute atomic E-state index is 5.57. The van der Waals surface area contributed by atoms with E-state index in [4.69, 9.17) is 11.6 Å². The number of nitrogens with zero attached hydrogens (tertiary/aromatic N) is 1. The van der Waals surface area contributed by atoms with Crippen molar-refractivity contribution in [1.29, 1.82) is 0 Å². The Morgan fingerprint density at radius 1 is 1.08 bits per heavy atom. The highest BCUT2D eigenvalue weighted by Gasteiger charge is 1.96. The molecule has 0 radical (unpaired) electrons. The fraction of sp³-hybridized carbons (Fsp3) is 1.00. The van der Waals surface area contributed by atoms with Crippen molar-refractivity contribution >= 4 is 11.6 Å². The predicted molar refractivity (Wildman–Crippen MR) is 60.6 cm³/mol. The molecule has 0 aromatic carbocycles. The highest BCUT2D eigenvalue weighted by molar-refractivity contribution is 6.17. The summed E-state index contributed by atoms with van der Waals surface area (Å²) in [6.07, 6.45) is 2.32. The monoisotopic (exact) mass is 206 g/mol. The van der Waals surface area contributed by atoms with Crippen molar-refractivity contribution in [2.45, 2.75) is 26.7 Å². The minimum absolute atomic E-state index is 0.789. The largest absolute Gasteiger partial charge is 0.315 e. The fourth-order valence-electron chi connectivity index (χ4n) is 1.25. The van der Waals surface area contributed by atoms with Crippen molar-refractivity contribution in [2.24, 2.45) is 0 Å². The van der Waals surface area contributed by atoms with Crippen LogP contribution in [0.25, 0.3) is 0 Å². The second kappa shape index (κ2) is 10.3. The number of likely N-dealkylation sites (N-methyl/N-ethyl adjacent to an activating group) is 1. The predicted octanol–water partition coefficient (Wildman–Crippen LogP) is 1.94. The van der Waals surface area contributed by atoms with Crippen LogP contribution < -0.4 is 5.32 Å². The number of hydrogen-bond donors (Lipinski definition) is 1. The summed E-state index contributed by atoms with van der Waals surface area (Å²) in [5.41, 5.74) is 0. The molecule has 0 aromatic heterocycles. The van der Waals surface area contributed by atoms with Crippen LogP contribution in [0.3, 0.4) is 0 Å². The maximum atomic E-state index is 5.57. The first-order chi connectivity index (χ1) is 6.35. The SMILES string of the molecule is CCN(CC)CCNCCCCCl. The number of hydrogen-bond acceptors (Lipinski definition) is 2. The van der Waals surface area contributed by atoms with Gasteiger partial charge >= 0.3 is 0 Å². The summed E-state index contributed by atoms with van der Waals surface area (Å²) in [4.78, 5) is 2.43. The number of halogens is 1. The van der Waals surface area contributed by atoms with Crippen LogP contribution in [-0.2, 0) is 0 Å². The second-order valence-electron chi connectivity index (χ2n) is 3.17. The van der Waals surface area contributed by atoms with Crippen molar-refractivity contribution in [3.63, 3.8) is 0 Å². The molecule has 0 saturated carbocycles. The van der Waals surface area contributed by atoms with Crippen molar-refractivity contribution in [3.8, 4) is 0 Å². The summed E-state index contributed by atoms with van der Waals surface area (Å²) in [6, 6.07) is 0. The summed E-state index contributed by atoms with van der Waals surface area (Å²) < 4.78 is 0. The molecule has 0 fully saturated rings. The fourth-order valence-corrected chi connectivity index (χ4v) is 1.44. The van der Waals surface area contributed by atoms with E-state index in [1.165, 1.54) is 6.42 Å². The van der Waals surface area contributed by atoms with Gasteiger partial charge in [0.25, 0.3) is 0 Å². The van der Waals surface area contributed by atoms with Crippen LogP contribution in [0.1, 0.15) is 26.7 Å². The smallest absolute Gasteiger partial charge is 0.0223 e. The zero-order valence-electron chi connectivity index (χ0n) is 8.98. The van der Waals surface area contributed by atoms with Gasteiger partial charge in [-0.05, 0) is 32.5 Å². The third-order valence-corrected chi connectivity index (χ3v) is 2.50. The molecule has 0 aliphatic rings. The molecular formula is C10H23ClN2. The van der Waals surface area contributed by atoms with E-state index in [9.17, 15) is 0 Å². The van der Waals surface area contributed by atoms with Crippen LogP contribution in [0.15, 0.2) is 0 Å². The summed E-state index contributed by atoms with van der Waals surface area (Å²) >= 11 is 5.57. The molecule has 0 rings (SSSR count). The van der Waals surface area contributed by atoms with Crippen LogP contribution in [-0.4, -0.2) is 43.5 Å². The number of rotatable bonds is 9. The van der Waals surface area contributed by atoms with Gasteiger partial charge in [0.15, 0.2) is 0 Å². The normalized spacial score (nSPS) is 11.1. The van der Waals surface area contributed by atoms with Crippen LogP contribution >= 0.6 is 11.6 Å². The first-order valence-electron chi connectivity index (χ1n) is 5.34. The highest BCUT2D eigenvalue weighted by Crippen LogP contribution is 1.89. The molecule has 0 aliphatic heterocycles. The molecule has 2 nitrogen and oxygen atoms in total. The van der Waals surface area contributed by atoms with Gasteiger partial charge in [-0.15, -0.1) is 11.6 Å². The average Bonchev–Trinajstić information content (AvgIpc) is 2.17. The Morgan fingerprint density at radius 3 is 2.31 bits per heavy atom. The lowest BCUT2D eigenvalue weighted by molar-refractivity contribution is 0.302. The van der Waals surface area contributed by atoms with Gasteiger partial charge in [0.1, 0.15) is 0 Å². The zero-order valence-corrected chi connectivity index (χ0v) is 9.74. The molecule has 13 heavy (non-hydrogen) atoms. The molecule has 1 N–H and O–H groups in total. The maximum Gasteiger partial charge on any atom is 0.0223 e. The second-order valence-corrected chi connectivity index (χ2v) is 3.55. The highest BCUT2D eigenvalue weighted by atomic mass is 35.5. The summed E-state index contributed by atoms with van der Waals surface area (Å²) in [6.45, 7) is 10.1.